The second-order valence-electron chi connectivity index (χ2n) is 6.93. The molecule has 0 spiro atoms. The Kier molecular flexibility index (Phi) is 5.36. The van der Waals surface area contributed by atoms with Crippen molar-refractivity contribution in [2.75, 3.05) is 20.1 Å². The van der Waals surface area contributed by atoms with Crippen LogP contribution in [0.25, 0.3) is 33.5 Å². The number of rotatable bonds is 6. The third-order valence-corrected chi connectivity index (χ3v) is 7.14. The molecule has 0 saturated carbocycles. The predicted molar refractivity (Wildman–Crippen MR) is 121 cm³/mol. The van der Waals surface area contributed by atoms with Gasteiger partial charge in [0, 0.05) is 46.3 Å². The number of hydrogen-bond acceptors (Lipinski definition) is 9. The molecule has 0 radical (unpaired) electrons. The van der Waals surface area contributed by atoms with Crippen LogP contribution in [0.3, 0.4) is 0 Å². The summed E-state index contributed by atoms with van der Waals surface area (Å²) in [5.74, 6) is 0.431. The highest BCUT2D eigenvalue weighted by atomic mass is 32.2. The summed E-state index contributed by atoms with van der Waals surface area (Å²) >= 11 is 2.96. The third-order valence-electron chi connectivity index (χ3n) is 5.09. The van der Waals surface area contributed by atoms with Gasteiger partial charge in [-0.05, 0) is 34.9 Å². The number of nitrogens with one attached hydrogen (secondary N) is 4. The number of thioether (sulfide) groups is 1. The fourth-order valence-electron chi connectivity index (χ4n) is 3.49. The molecule has 0 bridgehead atoms. The van der Waals surface area contributed by atoms with E-state index in [0.29, 0.717) is 16.6 Å². The van der Waals surface area contributed by atoms with Crippen molar-refractivity contribution in [1.82, 2.24) is 41.2 Å². The van der Waals surface area contributed by atoms with Crippen molar-refractivity contribution in [2.45, 2.75) is 15.0 Å². The Morgan fingerprint density at radius 3 is 2.77 bits per heavy atom. The quantitative estimate of drug-likeness (QED) is 0.275. The number of carbonyl (C=O) groups is 1. The Hall–Kier alpha value is -2.93. The number of para-hydroxylation sites is 1. The lowest BCUT2D eigenvalue weighted by Gasteiger charge is -2.27. The fraction of sp³-hybridized carbons (Fsp3) is 0.211. The van der Waals surface area contributed by atoms with Crippen molar-refractivity contribution in [2.24, 2.45) is 5.14 Å². The Morgan fingerprint density at radius 2 is 2.10 bits per heavy atom. The van der Waals surface area contributed by atoms with E-state index in [1.807, 2.05) is 24.3 Å². The molecule has 0 aliphatic carbocycles. The average molecular weight is 454 g/mol. The van der Waals surface area contributed by atoms with Gasteiger partial charge in [-0.25, -0.2) is 4.98 Å². The number of H-pyrrole nitrogens is 2. The summed E-state index contributed by atoms with van der Waals surface area (Å²) in [6.07, 6.45) is 0. The third kappa shape index (κ3) is 3.57. The van der Waals surface area contributed by atoms with E-state index in [1.54, 1.807) is 18.8 Å². The summed E-state index contributed by atoms with van der Waals surface area (Å²) in [5.41, 5.74) is 3.95. The lowest BCUT2D eigenvalue weighted by Crippen LogP contribution is -2.44. The molecule has 31 heavy (non-hydrogen) atoms. The Morgan fingerprint density at radius 1 is 1.23 bits per heavy atom. The van der Waals surface area contributed by atoms with Gasteiger partial charge in [0.1, 0.15) is 0 Å². The van der Waals surface area contributed by atoms with Crippen molar-refractivity contribution in [3.8, 4) is 22.5 Å². The number of imidazole rings is 1. The van der Waals surface area contributed by atoms with Gasteiger partial charge in [-0.3, -0.25) is 9.93 Å². The van der Waals surface area contributed by atoms with E-state index in [0.717, 1.165) is 45.1 Å². The average Bonchev–Trinajstić information content (AvgIpc) is 3.44. The van der Waals surface area contributed by atoms with Crippen LogP contribution in [0.4, 0.5) is 0 Å². The summed E-state index contributed by atoms with van der Waals surface area (Å²) < 4.78 is 0. The lowest BCUT2D eigenvalue weighted by molar-refractivity contribution is 0.0954. The molecular weight excluding hydrogens is 434 g/mol. The molecule has 12 heteroatoms. The van der Waals surface area contributed by atoms with Crippen molar-refractivity contribution in [3.05, 3.63) is 36.2 Å². The minimum atomic E-state index is -0.278. The van der Waals surface area contributed by atoms with Crippen molar-refractivity contribution in [1.29, 1.82) is 0 Å². The summed E-state index contributed by atoms with van der Waals surface area (Å²) in [6.45, 7) is 1.93. The first-order chi connectivity index (χ1) is 15.2. The molecule has 6 N–H and O–H groups in total. The van der Waals surface area contributed by atoms with E-state index in [4.69, 9.17) is 5.14 Å². The van der Waals surface area contributed by atoms with Crippen molar-refractivity contribution in [3.63, 3.8) is 0 Å². The van der Waals surface area contributed by atoms with Gasteiger partial charge in [0.05, 0.1) is 11.0 Å². The van der Waals surface area contributed by atoms with E-state index >= 15 is 0 Å². The molecule has 0 atom stereocenters. The number of amides is 1. The van der Waals surface area contributed by atoms with Gasteiger partial charge in [0.15, 0.2) is 5.82 Å². The Bertz CT molecular complexity index is 1250. The molecule has 1 saturated heterocycles. The number of aromatic nitrogens is 6. The minimum absolute atomic E-state index is 0.254. The number of carbonyl (C=O) groups excluding carboxylic acids is 1. The highest BCUT2D eigenvalue weighted by Crippen LogP contribution is 2.44. The molecule has 1 fully saturated rings. The first-order valence-electron chi connectivity index (χ1n) is 9.55. The topological polar surface area (TPSA) is 150 Å². The molecule has 5 rings (SSSR count). The number of tetrazole rings is 1. The SMILES string of the molecule is CNC(=O)c1nc2c(-c3ccc(SC4CNC4)c(SN)c3-c3nn[nH]n3)cccc2[nH]1. The molecule has 0 unspecified atom stereocenters. The summed E-state index contributed by atoms with van der Waals surface area (Å²) in [6, 6.07) is 9.87. The van der Waals surface area contributed by atoms with Crippen LogP contribution in [-0.4, -0.2) is 61.9 Å². The van der Waals surface area contributed by atoms with E-state index in [2.05, 4.69) is 47.3 Å². The summed E-state index contributed by atoms with van der Waals surface area (Å²) in [7, 11) is 1.57. The monoisotopic (exact) mass is 453 g/mol. The zero-order valence-electron chi connectivity index (χ0n) is 16.5. The van der Waals surface area contributed by atoms with Gasteiger partial charge >= 0.3 is 0 Å². The number of fused-ring (bicyclic) bond motifs is 1. The van der Waals surface area contributed by atoms with Crippen LogP contribution >= 0.6 is 23.7 Å². The first kappa shape index (κ1) is 20.0. The largest absolute Gasteiger partial charge is 0.352 e. The smallest absolute Gasteiger partial charge is 0.286 e. The molecule has 2 aromatic heterocycles. The molecule has 2 aromatic carbocycles. The molecule has 1 aliphatic rings. The van der Waals surface area contributed by atoms with Gasteiger partial charge < -0.3 is 15.6 Å². The number of aromatic amines is 2. The van der Waals surface area contributed by atoms with Crippen LogP contribution in [0.15, 0.2) is 40.1 Å². The van der Waals surface area contributed by atoms with E-state index in [9.17, 15) is 4.79 Å². The second-order valence-corrected chi connectivity index (χ2v) is 8.92. The minimum Gasteiger partial charge on any atom is -0.352 e. The highest BCUT2D eigenvalue weighted by molar-refractivity contribution is 8.02. The first-order valence-corrected chi connectivity index (χ1v) is 11.3. The van der Waals surface area contributed by atoms with E-state index < -0.39 is 0 Å². The molecule has 1 aliphatic heterocycles. The molecule has 1 amide bonds. The van der Waals surface area contributed by atoms with Crippen LogP contribution in [0.1, 0.15) is 10.6 Å². The van der Waals surface area contributed by atoms with Gasteiger partial charge in [-0.2, -0.15) is 5.21 Å². The molecule has 10 nitrogen and oxygen atoms in total. The molecule has 4 aromatic rings. The predicted octanol–water partition coefficient (Wildman–Crippen LogP) is 1.80. The normalized spacial score (nSPS) is 14.0. The van der Waals surface area contributed by atoms with E-state index in [1.165, 1.54) is 11.9 Å². The second kappa shape index (κ2) is 8.30. The van der Waals surface area contributed by atoms with Crippen LogP contribution in [0.5, 0.6) is 0 Å². The van der Waals surface area contributed by atoms with Gasteiger partial charge in [0.25, 0.3) is 5.91 Å². The molecular formula is C19H19N9OS2. The molecule has 158 valence electrons. The maximum atomic E-state index is 12.1. The maximum absolute atomic E-state index is 12.1. The zero-order valence-corrected chi connectivity index (χ0v) is 18.1. The lowest BCUT2D eigenvalue weighted by atomic mass is 9.98. The van der Waals surface area contributed by atoms with Crippen molar-refractivity contribution >= 4 is 40.7 Å². The van der Waals surface area contributed by atoms with Gasteiger partial charge in [-0.15, -0.1) is 22.0 Å². The molecule has 3 heterocycles. The standard InChI is InChI=1S/C19H19N9OS2/c1-21-19(29)18-23-12-4-2-3-11(15(12)24-18)10-5-6-13(30-9-7-22-8-9)16(31-20)14(10)17-25-27-28-26-17/h2-6,9,22H,7-8,20H2,1H3,(H,21,29)(H,23,24)(H,25,26,27,28). The number of nitrogens with zero attached hydrogens (tertiary/aromatic N) is 4. The Labute approximate surface area is 185 Å². The maximum Gasteiger partial charge on any atom is 0.286 e. The van der Waals surface area contributed by atoms with Crippen LogP contribution in [0, 0.1) is 0 Å². The number of nitrogens with two attached hydrogens (primary N) is 1. The van der Waals surface area contributed by atoms with Crippen LogP contribution < -0.4 is 15.8 Å². The van der Waals surface area contributed by atoms with Gasteiger partial charge in [-0.1, -0.05) is 18.2 Å². The van der Waals surface area contributed by atoms with Crippen LogP contribution in [0.2, 0.25) is 0 Å². The zero-order chi connectivity index (χ0) is 21.4. The summed E-state index contributed by atoms with van der Waals surface area (Å²) in [5, 5.41) is 27.3. The van der Waals surface area contributed by atoms with Gasteiger partial charge in [0.2, 0.25) is 5.82 Å². The number of benzene rings is 2. The fourth-order valence-corrected chi connectivity index (χ4v) is 5.40. The van der Waals surface area contributed by atoms with Crippen molar-refractivity contribution < 1.29 is 4.79 Å². The van der Waals surface area contributed by atoms with Crippen LogP contribution in [-0.2, 0) is 0 Å². The Balaban J connectivity index is 1.72. The number of hydrogen-bond donors (Lipinski definition) is 5. The highest BCUT2D eigenvalue weighted by Gasteiger charge is 2.25. The van der Waals surface area contributed by atoms with E-state index in [-0.39, 0.29) is 11.7 Å². The summed E-state index contributed by atoms with van der Waals surface area (Å²) in [4.78, 5) is 21.7.